The predicted molar refractivity (Wildman–Crippen MR) is 149 cm³/mol. The summed E-state index contributed by atoms with van der Waals surface area (Å²) in [7, 11) is 1.63. The van der Waals surface area contributed by atoms with E-state index in [1.165, 1.54) is 11.0 Å². The molecule has 1 aliphatic rings. The van der Waals surface area contributed by atoms with Gasteiger partial charge < -0.3 is 15.5 Å². The third-order valence-corrected chi connectivity index (χ3v) is 7.14. The lowest BCUT2D eigenvalue weighted by Gasteiger charge is -2.37. The van der Waals surface area contributed by atoms with Crippen LogP contribution in [0.2, 0.25) is 0 Å². The fourth-order valence-corrected chi connectivity index (χ4v) is 5.13. The Balaban J connectivity index is 1.66. The molecule has 3 heterocycles. The van der Waals surface area contributed by atoms with E-state index >= 15 is 0 Å². The minimum atomic E-state index is -0.599. The summed E-state index contributed by atoms with van der Waals surface area (Å²) in [5.74, 6) is -1.01. The molecule has 1 atom stereocenters. The Bertz CT molecular complexity index is 1440. The van der Waals surface area contributed by atoms with Gasteiger partial charge in [0.1, 0.15) is 6.04 Å². The largest absolute Gasteiger partial charge is 0.364 e. The second kappa shape index (κ2) is 10.8. The van der Waals surface area contributed by atoms with E-state index < -0.39 is 11.9 Å². The van der Waals surface area contributed by atoms with Crippen LogP contribution >= 0.6 is 0 Å². The maximum absolute atomic E-state index is 13.5. The molecule has 3 amide bonds. The molecule has 2 aromatic heterocycles. The molecule has 1 fully saturated rings. The summed E-state index contributed by atoms with van der Waals surface area (Å²) in [6.07, 6.45) is 6.00. The lowest BCUT2D eigenvalue weighted by molar-refractivity contribution is -0.135. The van der Waals surface area contributed by atoms with Crippen LogP contribution < -0.4 is 10.6 Å². The molecular formula is C29H35N7O3. The van der Waals surface area contributed by atoms with Crippen molar-refractivity contribution in [1.82, 2.24) is 24.9 Å². The van der Waals surface area contributed by atoms with Gasteiger partial charge in [-0.15, -0.1) is 5.10 Å². The molecule has 1 unspecified atom stereocenters. The number of benzene rings is 1. The Labute approximate surface area is 228 Å². The minimum absolute atomic E-state index is 0.132. The number of rotatable bonds is 7. The van der Waals surface area contributed by atoms with Gasteiger partial charge in [-0.3, -0.25) is 19.4 Å². The topological polar surface area (TPSA) is 127 Å². The van der Waals surface area contributed by atoms with Gasteiger partial charge in [0.25, 0.3) is 5.91 Å². The molecule has 0 radical (unpaired) electrons. The zero-order chi connectivity index (χ0) is 28.5. The number of piperidine rings is 1. The number of carbonyl (C=O) groups is 3. The summed E-state index contributed by atoms with van der Waals surface area (Å²) in [5, 5.41) is 8.27. The molecule has 39 heavy (non-hydrogen) atoms. The van der Waals surface area contributed by atoms with Crippen LogP contribution in [-0.4, -0.2) is 62.2 Å². The first-order chi connectivity index (χ1) is 18.4. The van der Waals surface area contributed by atoms with E-state index in [1.807, 2.05) is 45.9 Å². The van der Waals surface area contributed by atoms with Gasteiger partial charge in [-0.25, -0.2) is 4.68 Å². The van der Waals surface area contributed by atoms with Crippen LogP contribution in [0.3, 0.4) is 0 Å². The normalized spacial score (nSPS) is 15.8. The van der Waals surface area contributed by atoms with Crippen LogP contribution in [0.4, 0.5) is 5.69 Å². The predicted octanol–water partition coefficient (Wildman–Crippen LogP) is 3.23. The maximum atomic E-state index is 13.5. The molecule has 0 bridgehead atoms. The van der Waals surface area contributed by atoms with Crippen molar-refractivity contribution in [1.29, 1.82) is 0 Å². The van der Waals surface area contributed by atoms with Crippen molar-refractivity contribution in [2.75, 3.05) is 18.5 Å². The van der Waals surface area contributed by atoms with Gasteiger partial charge in [-0.05, 0) is 48.6 Å². The fourth-order valence-electron chi connectivity index (χ4n) is 5.13. The second-order valence-electron chi connectivity index (χ2n) is 10.9. The van der Waals surface area contributed by atoms with Crippen LogP contribution in [0.15, 0.2) is 49.3 Å². The molecule has 10 heteroatoms. The van der Waals surface area contributed by atoms with E-state index in [0.29, 0.717) is 30.9 Å². The zero-order valence-electron chi connectivity index (χ0n) is 23.1. The average Bonchev–Trinajstić information content (AvgIpc) is 3.34. The highest BCUT2D eigenvalue weighted by Crippen LogP contribution is 2.34. The Morgan fingerprint density at radius 3 is 2.64 bits per heavy atom. The van der Waals surface area contributed by atoms with Crippen molar-refractivity contribution in [3.63, 3.8) is 0 Å². The molecule has 2 N–H and O–H groups in total. The van der Waals surface area contributed by atoms with Gasteiger partial charge in [0.15, 0.2) is 5.69 Å². The number of likely N-dealkylation sites (N-methyl/N-ethyl adjacent to an activating group) is 1. The molecule has 10 nitrogen and oxygen atoms in total. The molecular weight excluding hydrogens is 494 g/mol. The van der Waals surface area contributed by atoms with Crippen LogP contribution in [0.1, 0.15) is 60.9 Å². The lowest BCUT2D eigenvalue weighted by atomic mass is 9.90. The molecule has 1 aliphatic heterocycles. The van der Waals surface area contributed by atoms with E-state index in [-0.39, 0.29) is 22.9 Å². The van der Waals surface area contributed by atoms with Gasteiger partial charge in [0.05, 0.1) is 24.1 Å². The van der Waals surface area contributed by atoms with E-state index in [4.69, 9.17) is 5.73 Å². The van der Waals surface area contributed by atoms with Gasteiger partial charge in [0, 0.05) is 30.8 Å². The Morgan fingerprint density at radius 1 is 1.26 bits per heavy atom. The Hall–Kier alpha value is -4.34. The number of aromatic nitrogens is 4. The number of primary amides is 1. The Morgan fingerprint density at radius 2 is 2.00 bits per heavy atom. The number of hydrogen-bond donors (Lipinski definition) is 1. The third kappa shape index (κ3) is 5.45. The lowest BCUT2D eigenvalue weighted by Crippen LogP contribution is -2.52. The first kappa shape index (κ1) is 27.7. The summed E-state index contributed by atoms with van der Waals surface area (Å²) in [4.78, 5) is 45.1. The number of carbonyl (C=O) groups excluding carboxylic acids is 3. The average molecular weight is 530 g/mol. The summed E-state index contributed by atoms with van der Waals surface area (Å²) in [5.41, 5.74) is 10.6. The van der Waals surface area contributed by atoms with E-state index in [2.05, 4.69) is 27.9 Å². The highest BCUT2D eigenvalue weighted by atomic mass is 16.2. The Kier molecular flexibility index (Phi) is 7.67. The van der Waals surface area contributed by atoms with Gasteiger partial charge in [-0.1, -0.05) is 50.8 Å². The molecule has 0 saturated carbocycles. The third-order valence-electron chi connectivity index (χ3n) is 7.14. The van der Waals surface area contributed by atoms with Crippen molar-refractivity contribution in [2.45, 2.75) is 58.5 Å². The van der Waals surface area contributed by atoms with Crippen molar-refractivity contribution in [3.8, 4) is 11.1 Å². The number of nitrogens with zero attached hydrogens (tertiary/aromatic N) is 6. The highest BCUT2D eigenvalue weighted by Gasteiger charge is 2.35. The van der Waals surface area contributed by atoms with E-state index in [1.54, 1.807) is 29.0 Å². The number of anilines is 1. The van der Waals surface area contributed by atoms with Crippen molar-refractivity contribution >= 4 is 23.4 Å². The number of aryl methyl sites for hydroxylation is 1. The van der Waals surface area contributed by atoms with Gasteiger partial charge in [0.2, 0.25) is 11.8 Å². The molecule has 0 aliphatic carbocycles. The van der Waals surface area contributed by atoms with Crippen molar-refractivity contribution in [2.24, 2.45) is 5.73 Å². The first-order valence-corrected chi connectivity index (χ1v) is 12.9. The molecule has 3 aromatic rings. The SMILES string of the molecule is C=CC(=O)N(C)C1CCCN(c2cnccc2-c2ccc(Cn3nnc(C(N)=O)c3C(C)(C)C)c(C)c2)C1=O. The minimum Gasteiger partial charge on any atom is -0.364 e. The summed E-state index contributed by atoms with van der Waals surface area (Å²) >= 11 is 0. The van der Waals surface area contributed by atoms with Crippen molar-refractivity contribution < 1.29 is 14.4 Å². The monoisotopic (exact) mass is 529 g/mol. The molecule has 204 valence electrons. The van der Waals surface area contributed by atoms with Crippen LogP contribution in [-0.2, 0) is 21.5 Å². The number of amides is 3. The number of pyridine rings is 1. The van der Waals surface area contributed by atoms with Crippen LogP contribution in [0.25, 0.3) is 11.1 Å². The quantitative estimate of drug-likeness (QED) is 0.468. The van der Waals surface area contributed by atoms with Crippen LogP contribution in [0, 0.1) is 6.92 Å². The smallest absolute Gasteiger partial charge is 0.271 e. The van der Waals surface area contributed by atoms with Gasteiger partial charge in [-0.2, -0.15) is 0 Å². The molecule has 0 spiro atoms. The highest BCUT2D eigenvalue weighted by molar-refractivity contribution is 6.03. The van der Waals surface area contributed by atoms with E-state index in [0.717, 1.165) is 28.7 Å². The zero-order valence-corrected chi connectivity index (χ0v) is 23.1. The van der Waals surface area contributed by atoms with E-state index in [9.17, 15) is 14.4 Å². The number of nitrogens with two attached hydrogens (primary N) is 1. The van der Waals surface area contributed by atoms with Crippen LogP contribution in [0.5, 0.6) is 0 Å². The van der Waals surface area contributed by atoms with Crippen molar-refractivity contribution in [3.05, 3.63) is 71.8 Å². The first-order valence-electron chi connectivity index (χ1n) is 12.9. The summed E-state index contributed by atoms with van der Waals surface area (Å²) < 4.78 is 1.73. The fraction of sp³-hybridized carbons (Fsp3) is 0.379. The summed E-state index contributed by atoms with van der Waals surface area (Å²) in [6.45, 7) is 12.5. The summed E-state index contributed by atoms with van der Waals surface area (Å²) in [6, 6.07) is 7.43. The molecule has 1 saturated heterocycles. The molecule has 4 rings (SSSR count). The number of hydrogen-bond acceptors (Lipinski definition) is 6. The second-order valence-corrected chi connectivity index (χ2v) is 10.9. The maximum Gasteiger partial charge on any atom is 0.271 e. The molecule has 1 aromatic carbocycles. The van der Waals surface area contributed by atoms with Gasteiger partial charge >= 0.3 is 0 Å². The standard InChI is InChI=1S/C29H35N7O3/c1-7-24(37)34(6)22-9-8-14-35(28(22)39)23-16-31-13-12-21(23)19-10-11-20(18(2)15-19)17-36-26(29(3,4)5)25(27(30)38)32-33-36/h7,10-13,15-16,22H,1,8-9,14,17H2,2-6H3,(H2,30,38).